The highest BCUT2D eigenvalue weighted by Gasteiger charge is 2.50. The lowest BCUT2D eigenvalue weighted by Crippen LogP contribution is -2.46. The van der Waals surface area contributed by atoms with E-state index in [-0.39, 0.29) is 11.5 Å². The van der Waals surface area contributed by atoms with Crippen LogP contribution in [0.25, 0.3) is 0 Å². The number of anilines is 1. The van der Waals surface area contributed by atoms with Crippen molar-refractivity contribution in [2.45, 2.75) is 102 Å². The van der Waals surface area contributed by atoms with Gasteiger partial charge in [0.2, 0.25) is 0 Å². The number of amides is 2. The number of carbonyl (C=O) groups excluding carboxylic acids is 2. The minimum Gasteiger partial charge on any atom is -0.480 e. The fourth-order valence-electron chi connectivity index (χ4n) is 8.62. The number of aliphatic carboxylic acids is 1. The summed E-state index contributed by atoms with van der Waals surface area (Å²) in [6.45, 7) is 1.41. The summed E-state index contributed by atoms with van der Waals surface area (Å²) in [5.74, 6) is 2.14. The lowest BCUT2D eigenvalue weighted by atomic mass is 9.48. The van der Waals surface area contributed by atoms with Gasteiger partial charge >= 0.3 is 5.97 Å². The smallest absolute Gasteiger partial charge is 0.325 e. The third kappa shape index (κ3) is 5.68. The van der Waals surface area contributed by atoms with Crippen LogP contribution in [0.4, 0.5) is 5.69 Å². The van der Waals surface area contributed by atoms with Crippen molar-refractivity contribution >= 4 is 23.5 Å². The number of hydrogen-bond donors (Lipinski definition) is 4. The number of carbonyl (C=O) groups is 3. The SMILES string of the molecule is C[C@@H](NC(=O)c1cccc(NC(=O)c2nc(C3CCCCC3)[nH]c2CCC23CC4CC(CC(C4)C2)C3)c1)C(=O)O. The van der Waals surface area contributed by atoms with E-state index in [4.69, 9.17) is 10.1 Å². The first kappa shape index (κ1) is 27.0. The first-order valence-corrected chi connectivity index (χ1v) is 15.3. The molecule has 40 heavy (non-hydrogen) atoms. The maximum absolute atomic E-state index is 13.6. The number of aromatic amines is 1. The third-order valence-electron chi connectivity index (χ3n) is 10.2. The molecular weight excluding hydrogens is 504 g/mol. The fourth-order valence-corrected chi connectivity index (χ4v) is 8.62. The first-order valence-electron chi connectivity index (χ1n) is 15.3. The molecule has 5 aliphatic carbocycles. The van der Waals surface area contributed by atoms with E-state index in [1.54, 1.807) is 24.3 Å². The van der Waals surface area contributed by atoms with Crippen LogP contribution in [-0.4, -0.2) is 38.9 Å². The number of nitrogens with zero attached hydrogens (tertiary/aromatic N) is 1. The van der Waals surface area contributed by atoms with Crippen molar-refractivity contribution in [1.29, 1.82) is 0 Å². The molecule has 0 unspecified atom stereocenters. The summed E-state index contributed by atoms with van der Waals surface area (Å²) in [4.78, 5) is 45.8. The summed E-state index contributed by atoms with van der Waals surface area (Å²) < 4.78 is 0. The van der Waals surface area contributed by atoms with E-state index in [2.05, 4.69) is 15.6 Å². The Bertz CT molecular complexity index is 1240. The zero-order chi connectivity index (χ0) is 27.9. The average Bonchev–Trinajstić information content (AvgIpc) is 3.36. The molecule has 8 heteroatoms. The summed E-state index contributed by atoms with van der Waals surface area (Å²) in [6.07, 6.45) is 16.1. The van der Waals surface area contributed by atoms with Crippen molar-refractivity contribution in [1.82, 2.24) is 15.3 Å². The van der Waals surface area contributed by atoms with Crippen LogP contribution < -0.4 is 10.6 Å². The van der Waals surface area contributed by atoms with Crippen LogP contribution in [0.15, 0.2) is 24.3 Å². The van der Waals surface area contributed by atoms with Gasteiger partial charge < -0.3 is 20.7 Å². The van der Waals surface area contributed by atoms with Gasteiger partial charge in [0.1, 0.15) is 17.6 Å². The Morgan fingerprint density at radius 1 is 1.02 bits per heavy atom. The standard InChI is InChI=1S/C32H42N4O4/c1-19(31(39)40)33-29(37)24-8-5-9-25(15-24)34-30(38)27-26(35-28(36-27)23-6-3-2-4-7-23)10-11-32-16-20-12-21(17-32)14-22(13-20)18-32/h5,8-9,15,19-23H,2-4,6-7,10-14,16-18H2,1H3,(H,33,37)(H,34,38)(H,35,36)(H,39,40)/t19-,20?,21?,22?,32?/m1/s1. The number of rotatable bonds is 9. The van der Waals surface area contributed by atoms with Gasteiger partial charge in [0.15, 0.2) is 0 Å². The van der Waals surface area contributed by atoms with E-state index in [1.165, 1.54) is 64.7 Å². The maximum atomic E-state index is 13.6. The van der Waals surface area contributed by atoms with Crippen LogP contribution >= 0.6 is 0 Å². The Kier molecular flexibility index (Phi) is 7.44. The largest absolute Gasteiger partial charge is 0.480 e. The summed E-state index contributed by atoms with van der Waals surface area (Å²) in [6, 6.07) is 5.59. The number of carboxylic acids is 1. The maximum Gasteiger partial charge on any atom is 0.325 e. The molecule has 0 radical (unpaired) electrons. The second-order valence-electron chi connectivity index (χ2n) is 13.3. The molecule has 1 heterocycles. The molecule has 2 amide bonds. The van der Waals surface area contributed by atoms with Crippen molar-refractivity contribution in [3.63, 3.8) is 0 Å². The molecule has 1 aromatic carbocycles. The molecule has 8 nitrogen and oxygen atoms in total. The lowest BCUT2D eigenvalue weighted by molar-refractivity contribution is -0.138. The third-order valence-corrected chi connectivity index (χ3v) is 10.2. The fraction of sp³-hybridized carbons (Fsp3) is 0.625. The topological polar surface area (TPSA) is 124 Å². The molecule has 1 aromatic heterocycles. The van der Waals surface area contributed by atoms with Crippen molar-refractivity contribution in [3.05, 3.63) is 47.0 Å². The minimum atomic E-state index is -1.11. The molecule has 4 N–H and O–H groups in total. The summed E-state index contributed by atoms with van der Waals surface area (Å²) >= 11 is 0. The number of hydrogen-bond acceptors (Lipinski definition) is 4. The van der Waals surface area contributed by atoms with Gasteiger partial charge in [0.05, 0.1) is 0 Å². The van der Waals surface area contributed by atoms with E-state index in [0.29, 0.717) is 22.7 Å². The van der Waals surface area contributed by atoms with Gasteiger partial charge in [-0.2, -0.15) is 0 Å². The Hall–Kier alpha value is -3.16. The number of carboxylic acid groups (broad SMARTS) is 1. The molecule has 4 bridgehead atoms. The zero-order valence-corrected chi connectivity index (χ0v) is 23.5. The van der Waals surface area contributed by atoms with Gasteiger partial charge in [0.25, 0.3) is 11.8 Å². The molecule has 5 fully saturated rings. The summed E-state index contributed by atoms with van der Waals surface area (Å²) in [5.41, 5.74) is 2.61. The zero-order valence-electron chi connectivity index (χ0n) is 23.5. The monoisotopic (exact) mass is 546 g/mol. The van der Waals surface area contributed by atoms with Crippen LogP contribution in [0.3, 0.4) is 0 Å². The molecule has 7 rings (SSSR count). The van der Waals surface area contributed by atoms with E-state index < -0.39 is 17.9 Å². The van der Waals surface area contributed by atoms with Crippen LogP contribution in [0.2, 0.25) is 0 Å². The number of nitrogens with one attached hydrogen (secondary N) is 3. The van der Waals surface area contributed by atoms with Crippen molar-refractivity contribution in [2.24, 2.45) is 23.2 Å². The number of imidazole rings is 1. The van der Waals surface area contributed by atoms with E-state index in [9.17, 15) is 14.4 Å². The number of aromatic nitrogens is 2. The second kappa shape index (κ2) is 11.0. The van der Waals surface area contributed by atoms with E-state index >= 15 is 0 Å². The van der Waals surface area contributed by atoms with Gasteiger partial charge in [-0.05, 0) is 112 Å². The summed E-state index contributed by atoms with van der Waals surface area (Å²) in [7, 11) is 0. The normalized spacial score (nSPS) is 28.3. The number of H-pyrrole nitrogens is 1. The molecule has 5 aliphatic rings. The van der Waals surface area contributed by atoms with Gasteiger partial charge in [-0.3, -0.25) is 14.4 Å². The van der Waals surface area contributed by atoms with Crippen molar-refractivity contribution in [2.75, 3.05) is 5.32 Å². The van der Waals surface area contributed by atoms with E-state index in [1.807, 2.05) is 0 Å². The number of aryl methyl sites for hydroxylation is 1. The molecule has 0 spiro atoms. The Labute approximate surface area is 236 Å². The molecular formula is C32H42N4O4. The number of benzene rings is 1. The highest BCUT2D eigenvalue weighted by atomic mass is 16.4. The van der Waals surface area contributed by atoms with Crippen LogP contribution in [0.5, 0.6) is 0 Å². The van der Waals surface area contributed by atoms with Crippen LogP contribution in [0.1, 0.15) is 122 Å². The predicted octanol–water partition coefficient (Wildman–Crippen LogP) is 6.06. The molecule has 0 saturated heterocycles. The second-order valence-corrected chi connectivity index (χ2v) is 13.3. The minimum absolute atomic E-state index is 0.268. The highest BCUT2D eigenvalue weighted by Crippen LogP contribution is 2.61. The predicted molar refractivity (Wildman–Crippen MR) is 152 cm³/mol. The van der Waals surface area contributed by atoms with Crippen LogP contribution in [0, 0.1) is 23.2 Å². The molecule has 2 aromatic rings. The highest BCUT2D eigenvalue weighted by molar-refractivity contribution is 6.05. The van der Waals surface area contributed by atoms with Gasteiger partial charge in [0, 0.05) is 22.9 Å². The van der Waals surface area contributed by atoms with Gasteiger partial charge in [-0.15, -0.1) is 0 Å². The molecule has 1 atom stereocenters. The first-order chi connectivity index (χ1) is 19.3. The Balaban J connectivity index is 1.20. The van der Waals surface area contributed by atoms with Crippen molar-refractivity contribution in [3.8, 4) is 0 Å². The average molecular weight is 547 g/mol. The Morgan fingerprint density at radius 3 is 2.35 bits per heavy atom. The van der Waals surface area contributed by atoms with Gasteiger partial charge in [-0.25, -0.2) is 4.98 Å². The molecule has 214 valence electrons. The van der Waals surface area contributed by atoms with Gasteiger partial charge in [-0.1, -0.05) is 25.3 Å². The quantitative estimate of drug-likeness (QED) is 0.304. The summed E-state index contributed by atoms with van der Waals surface area (Å²) in [5, 5.41) is 14.5. The van der Waals surface area contributed by atoms with Crippen LogP contribution in [-0.2, 0) is 11.2 Å². The van der Waals surface area contributed by atoms with E-state index in [0.717, 1.165) is 55.0 Å². The molecule has 0 aliphatic heterocycles. The molecule has 5 saturated carbocycles. The Morgan fingerprint density at radius 2 is 1.70 bits per heavy atom. The lowest BCUT2D eigenvalue weighted by Gasteiger charge is -2.57. The van der Waals surface area contributed by atoms with Crippen molar-refractivity contribution < 1.29 is 19.5 Å².